The predicted octanol–water partition coefficient (Wildman–Crippen LogP) is 3.72. The van der Waals surface area contributed by atoms with Gasteiger partial charge in [0, 0.05) is 19.0 Å². The Balaban J connectivity index is 2.12. The van der Waals surface area contributed by atoms with Crippen LogP contribution in [0.5, 0.6) is 0 Å². The number of halogens is 4. The maximum Gasteiger partial charge on any atom is 0.417 e. The average molecular weight is 334 g/mol. The van der Waals surface area contributed by atoms with Crippen LogP contribution in [0, 0.1) is 0 Å². The number of hydrogen-bond donors (Lipinski definition) is 2. The van der Waals surface area contributed by atoms with Crippen LogP contribution in [0.1, 0.15) is 24.8 Å². The number of nitrogens with one attached hydrogen (secondary N) is 1. The summed E-state index contributed by atoms with van der Waals surface area (Å²) < 4.78 is 37.4. The summed E-state index contributed by atoms with van der Waals surface area (Å²) in [5.74, 6) is -0.400. The second-order valence-electron chi connectivity index (χ2n) is 4.56. The Morgan fingerprint density at radius 1 is 1.41 bits per heavy atom. The highest BCUT2D eigenvalue weighted by atomic mass is 35.5. The molecule has 0 saturated heterocycles. The molecule has 0 spiro atoms. The molecule has 0 saturated carbocycles. The van der Waals surface area contributed by atoms with Gasteiger partial charge in [0.25, 0.3) is 0 Å². The van der Waals surface area contributed by atoms with E-state index >= 15 is 0 Å². The van der Waals surface area contributed by atoms with Gasteiger partial charge in [-0.05, 0) is 12.5 Å². The van der Waals surface area contributed by atoms with E-state index in [4.69, 9.17) is 11.6 Å². The Morgan fingerprint density at radius 3 is 2.73 bits per heavy atom. The van der Waals surface area contributed by atoms with Gasteiger partial charge < -0.3 is 5.11 Å². The zero-order chi connectivity index (χ0) is 16.3. The lowest BCUT2D eigenvalue weighted by Crippen LogP contribution is -2.13. The summed E-state index contributed by atoms with van der Waals surface area (Å²) in [6.45, 7) is 0. The quantitative estimate of drug-likeness (QED) is 0.653. The maximum absolute atomic E-state index is 12.5. The topological polar surface area (TPSA) is 74.6 Å². The van der Waals surface area contributed by atoms with E-state index in [2.05, 4.69) is 15.5 Å². The molecule has 2 N–H and O–H groups in total. The Kier molecular flexibility index (Phi) is 4.70. The lowest BCUT2D eigenvalue weighted by molar-refractivity contribution is -0.137. The number of rotatable bonds is 3. The number of ketones is 1. The standard InChI is InChI=1S/C13H11ClF3N3O2/c14-9-4-7(13(15,16)17)5-18-12(9)20-19-6-8-10(21)2-1-3-11(8)22/h4-6,21H,1-3H2,(H,18,20)/b19-6+. The molecule has 1 aromatic rings. The first-order chi connectivity index (χ1) is 10.3. The molecule has 0 bridgehead atoms. The van der Waals surface area contributed by atoms with Gasteiger partial charge in [-0.15, -0.1) is 0 Å². The molecule has 0 unspecified atom stereocenters. The first kappa shape index (κ1) is 16.3. The number of nitrogens with zero attached hydrogens (tertiary/aromatic N) is 2. The van der Waals surface area contributed by atoms with E-state index in [1.54, 1.807) is 0 Å². The minimum Gasteiger partial charge on any atom is -0.512 e. The van der Waals surface area contributed by atoms with Gasteiger partial charge in [-0.1, -0.05) is 11.6 Å². The summed E-state index contributed by atoms with van der Waals surface area (Å²) in [5, 5.41) is 13.0. The molecule has 0 amide bonds. The number of anilines is 1. The van der Waals surface area contributed by atoms with Crippen molar-refractivity contribution >= 4 is 29.4 Å². The molecule has 0 aromatic carbocycles. The van der Waals surface area contributed by atoms with Crippen molar-refractivity contribution in [2.24, 2.45) is 5.10 Å². The lowest BCUT2D eigenvalue weighted by atomic mass is 9.97. The SMILES string of the molecule is O=C1CCCC(O)=C1/C=N/Nc1ncc(C(F)(F)F)cc1Cl. The van der Waals surface area contributed by atoms with E-state index < -0.39 is 11.7 Å². The molecule has 1 aromatic heterocycles. The van der Waals surface area contributed by atoms with Crippen molar-refractivity contribution in [2.75, 3.05) is 5.43 Å². The Bertz CT molecular complexity index is 656. The minimum atomic E-state index is -4.54. The molecule has 2 rings (SSSR count). The fraction of sp³-hybridized carbons (Fsp3) is 0.308. The van der Waals surface area contributed by atoms with Gasteiger partial charge in [0.1, 0.15) is 5.76 Å². The Labute approximate surface area is 128 Å². The van der Waals surface area contributed by atoms with Crippen molar-refractivity contribution in [3.63, 3.8) is 0 Å². The zero-order valence-electron chi connectivity index (χ0n) is 11.1. The van der Waals surface area contributed by atoms with Gasteiger partial charge >= 0.3 is 6.18 Å². The smallest absolute Gasteiger partial charge is 0.417 e. The van der Waals surface area contributed by atoms with Crippen LogP contribution in [-0.4, -0.2) is 22.1 Å². The van der Waals surface area contributed by atoms with Gasteiger partial charge in [0.15, 0.2) is 11.6 Å². The number of carbonyl (C=O) groups excluding carboxylic acids is 1. The van der Waals surface area contributed by atoms with Crippen LogP contribution < -0.4 is 5.43 Å². The fourth-order valence-corrected chi connectivity index (χ4v) is 2.03. The van der Waals surface area contributed by atoms with Crippen molar-refractivity contribution in [3.05, 3.63) is 34.2 Å². The summed E-state index contributed by atoms with van der Waals surface area (Å²) in [5.41, 5.74) is 1.44. The highest BCUT2D eigenvalue weighted by Gasteiger charge is 2.31. The summed E-state index contributed by atoms with van der Waals surface area (Å²) in [6.07, 6.45) is -1.55. The summed E-state index contributed by atoms with van der Waals surface area (Å²) in [7, 11) is 0. The van der Waals surface area contributed by atoms with E-state index in [-0.39, 0.29) is 28.0 Å². The summed E-state index contributed by atoms with van der Waals surface area (Å²) in [6, 6.07) is 0.717. The van der Waals surface area contributed by atoms with Gasteiger partial charge in [-0.25, -0.2) is 4.98 Å². The molecule has 0 aliphatic heterocycles. The second-order valence-corrected chi connectivity index (χ2v) is 4.97. The highest BCUT2D eigenvalue weighted by molar-refractivity contribution is 6.33. The van der Waals surface area contributed by atoms with Gasteiger partial charge in [-0.3, -0.25) is 10.2 Å². The normalized spacial score (nSPS) is 16.5. The number of pyridine rings is 1. The van der Waals surface area contributed by atoms with Crippen molar-refractivity contribution in [1.29, 1.82) is 0 Å². The number of Topliss-reactive ketones (excluding diaryl/α,β-unsaturated/α-hetero) is 1. The van der Waals surface area contributed by atoms with Crippen molar-refractivity contribution < 1.29 is 23.1 Å². The number of aliphatic hydroxyl groups excluding tert-OH is 1. The molecule has 0 atom stereocenters. The molecule has 1 aliphatic rings. The molecule has 1 heterocycles. The van der Waals surface area contributed by atoms with E-state index in [0.29, 0.717) is 25.5 Å². The molecule has 5 nitrogen and oxygen atoms in total. The van der Waals surface area contributed by atoms with Gasteiger partial charge in [-0.2, -0.15) is 18.3 Å². The van der Waals surface area contributed by atoms with Gasteiger partial charge in [0.2, 0.25) is 0 Å². The van der Waals surface area contributed by atoms with E-state index in [9.17, 15) is 23.1 Å². The number of allylic oxidation sites excluding steroid dienone is 2. The van der Waals surface area contributed by atoms with Crippen molar-refractivity contribution in [2.45, 2.75) is 25.4 Å². The fourth-order valence-electron chi connectivity index (χ4n) is 1.83. The third-order valence-electron chi connectivity index (χ3n) is 2.96. The molecule has 0 fully saturated rings. The van der Waals surface area contributed by atoms with Crippen LogP contribution in [0.2, 0.25) is 5.02 Å². The maximum atomic E-state index is 12.5. The molecule has 9 heteroatoms. The third kappa shape index (κ3) is 3.76. The Hall–Kier alpha value is -2.09. The second kappa shape index (κ2) is 6.35. The number of hydrazone groups is 1. The number of aliphatic hydroxyl groups is 1. The molecule has 118 valence electrons. The lowest BCUT2D eigenvalue weighted by Gasteiger charge is -2.11. The summed E-state index contributed by atoms with van der Waals surface area (Å²) >= 11 is 5.69. The zero-order valence-corrected chi connectivity index (χ0v) is 11.9. The number of aromatic nitrogens is 1. The van der Waals surface area contributed by atoms with Crippen LogP contribution in [0.25, 0.3) is 0 Å². The van der Waals surface area contributed by atoms with Crippen LogP contribution in [0.15, 0.2) is 28.7 Å². The number of alkyl halides is 3. The third-order valence-corrected chi connectivity index (χ3v) is 3.25. The largest absolute Gasteiger partial charge is 0.512 e. The first-order valence-corrected chi connectivity index (χ1v) is 6.64. The molecule has 22 heavy (non-hydrogen) atoms. The number of carbonyl (C=O) groups is 1. The monoisotopic (exact) mass is 333 g/mol. The van der Waals surface area contributed by atoms with Crippen LogP contribution >= 0.6 is 11.6 Å². The summed E-state index contributed by atoms with van der Waals surface area (Å²) in [4.78, 5) is 15.1. The average Bonchev–Trinajstić information content (AvgIpc) is 2.42. The van der Waals surface area contributed by atoms with E-state index in [1.165, 1.54) is 0 Å². The predicted molar refractivity (Wildman–Crippen MR) is 74.9 cm³/mol. The van der Waals surface area contributed by atoms with Crippen LogP contribution in [0.3, 0.4) is 0 Å². The molecular formula is C13H11ClF3N3O2. The molecule has 1 aliphatic carbocycles. The van der Waals surface area contributed by atoms with E-state index in [1.807, 2.05) is 0 Å². The van der Waals surface area contributed by atoms with Crippen molar-refractivity contribution in [3.8, 4) is 0 Å². The number of hydrogen-bond acceptors (Lipinski definition) is 5. The Morgan fingerprint density at radius 2 is 2.14 bits per heavy atom. The first-order valence-electron chi connectivity index (χ1n) is 6.26. The van der Waals surface area contributed by atoms with E-state index in [0.717, 1.165) is 12.3 Å². The minimum absolute atomic E-state index is 0.0618. The van der Waals surface area contributed by atoms with Crippen LogP contribution in [0.4, 0.5) is 19.0 Å². The highest BCUT2D eigenvalue weighted by Crippen LogP contribution is 2.32. The van der Waals surface area contributed by atoms with Crippen molar-refractivity contribution in [1.82, 2.24) is 4.98 Å². The van der Waals surface area contributed by atoms with Gasteiger partial charge in [0.05, 0.1) is 22.4 Å². The molecular weight excluding hydrogens is 323 g/mol. The van der Waals surface area contributed by atoms with Crippen LogP contribution in [-0.2, 0) is 11.0 Å². The molecule has 0 radical (unpaired) electrons.